The minimum absolute atomic E-state index is 0.205. The van der Waals surface area contributed by atoms with Gasteiger partial charge in [0.15, 0.2) is 0 Å². The van der Waals surface area contributed by atoms with Crippen LogP contribution in [0.3, 0.4) is 0 Å². The van der Waals surface area contributed by atoms with Crippen LogP contribution in [0, 0.1) is 0 Å². The molecule has 0 amide bonds. The smallest absolute Gasteiger partial charge is 0.209 e. The van der Waals surface area contributed by atoms with Crippen LogP contribution in [0.25, 0.3) is 0 Å². The lowest BCUT2D eigenvalue weighted by Crippen LogP contribution is -2.15. The first-order chi connectivity index (χ1) is 11.0. The fourth-order valence-electron chi connectivity index (χ4n) is 3.08. The van der Waals surface area contributed by atoms with Crippen LogP contribution in [-0.4, -0.2) is 20.2 Å². The molecule has 5 heteroatoms. The van der Waals surface area contributed by atoms with Gasteiger partial charge in [-0.2, -0.15) is 0 Å². The van der Waals surface area contributed by atoms with Crippen molar-refractivity contribution in [1.29, 1.82) is 0 Å². The molecule has 1 aromatic carbocycles. The van der Waals surface area contributed by atoms with E-state index in [-0.39, 0.29) is 5.41 Å². The van der Waals surface area contributed by atoms with Gasteiger partial charge >= 0.3 is 0 Å². The van der Waals surface area contributed by atoms with E-state index in [0.29, 0.717) is 6.04 Å². The second kappa shape index (κ2) is 7.04. The molecule has 1 aromatic heterocycles. The molecule has 2 aromatic rings. The number of benzene rings is 1. The van der Waals surface area contributed by atoms with Gasteiger partial charge in [-0.25, -0.2) is 4.68 Å². The summed E-state index contributed by atoms with van der Waals surface area (Å²) in [6.45, 7) is 6.74. The largest absolute Gasteiger partial charge is 0.217 e. The summed E-state index contributed by atoms with van der Waals surface area (Å²) in [5.74, 6) is 0.914. The number of aromatic nitrogens is 4. The Hall–Kier alpha value is -1.36. The predicted molar refractivity (Wildman–Crippen MR) is 94.6 cm³/mol. The van der Waals surface area contributed by atoms with Crippen LogP contribution < -0.4 is 0 Å². The first-order valence-electron chi connectivity index (χ1n) is 8.54. The molecule has 1 aliphatic rings. The van der Waals surface area contributed by atoms with Gasteiger partial charge in [0.2, 0.25) is 5.16 Å². The number of hydrogen-bond donors (Lipinski definition) is 0. The van der Waals surface area contributed by atoms with Gasteiger partial charge in [0.25, 0.3) is 0 Å². The molecule has 1 fully saturated rings. The molecule has 0 spiro atoms. The zero-order valence-electron chi connectivity index (χ0n) is 14.3. The van der Waals surface area contributed by atoms with Gasteiger partial charge in [0.05, 0.1) is 6.04 Å². The molecule has 1 aliphatic carbocycles. The zero-order chi connectivity index (χ0) is 16.3. The maximum atomic E-state index is 4.23. The van der Waals surface area contributed by atoms with E-state index in [1.54, 1.807) is 11.8 Å². The van der Waals surface area contributed by atoms with E-state index in [0.717, 1.165) is 10.9 Å². The van der Waals surface area contributed by atoms with Crippen LogP contribution in [0.4, 0.5) is 0 Å². The maximum absolute atomic E-state index is 4.23. The molecule has 1 heterocycles. The molecule has 0 N–H and O–H groups in total. The summed E-state index contributed by atoms with van der Waals surface area (Å²) in [7, 11) is 0. The molecular weight excluding hydrogens is 304 g/mol. The summed E-state index contributed by atoms with van der Waals surface area (Å²) < 4.78 is 2.05. The van der Waals surface area contributed by atoms with Gasteiger partial charge in [-0.3, -0.25) is 0 Å². The van der Waals surface area contributed by atoms with E-state index in [1.165, 1.54) is 43.2 Å². The van der Waals surface area contributed by atoms with E-state index in [9.17, 15) is 0 Å². The van der Waals surface area contributed by atoms with Gasteiger partial charge < -0.3 is 0 Å². The van der Waals surface area contributed by atoms with E-state index in [4.69, 9.17) is 0 Å². The van der Waals surface area contributed by atoms with Gasteiger partial charge in [-0.05, 0) is 39.8 Å². The number of nitrogens with zero attached hydrogens (tertiary/aromatic N) is 4. The normalized spacial score (nSPS) is 16.7. The first-order valence-corrected chi connectivity index (χ1v) is 9.53. The van der Waals surface area contributed by atoms with Crippen molar-refractivity contribution in [2.45, 2.75) is 75.2 Å². The van der Waals surface area contributed by atoms with E-state index in [1.807, 2.05) is 4.68 Å². The Balaban J connectivity index is 1.63. The first kappa shape index (κ1) is 16.5. The second-order valence-electron chi connectivity index (χ2n) is 7.43. The third kappa shape index (κ3) is 4.14. The van der Waals surface area contributed by atoms with Crippen molar-refractivity contribution in [1.82, 2.24) is 20.2 Å². The Morgan fingerprint density at radius 2 is 1.78 bits per heavy atom. The second-order valence-corrected chi connectivity index (χ2v) is 8.38. The number of hydrogen-bond acceptors (Lipinski definition) is 4. The molecule has 1 saturated carbocycles. The van der Waals surface area contributed by atoms with Crippen LogP contribution in [0.2, 0.25) is 0 Å². The van der Waals surface area contributed by atoms with Crippen LogP contribution in [0.5, 0.6) is 0 Å². The Morgan fingerprint density at radius 1 is 1.09 bits per heavy atom. The fraction of sp³-hybridized carbons (Fsp3) is 0.611. The summed E-state index contributed by atoms with van der Waals surface area (Å²) in [6.07, 6.45) is 6.35. The summed E-state index contributed by atoms with van der Waals surface area (Å²) >= 11 is 1.74. The lowest BCUT2D eigenvalue weighted by atomic mass is 9.87. The number of thioether (sulfide) groups is 1. The number of tetrazole rings is 1. The molecular formula is C18H26N4S. The Morgan fingerprint density at radius 3 is 2.43 bits per heavy atom. The van der Waals surface area contributed by atoms with E-state index in [2.05, 4.69) is 60.6 Å². The maximum Gasteiger partial charge on any atom is 0.209 e. The van der Waals surface area contributed by atoms with Crippen molar-refractivity contribution in [3.63, 3.8) is 0 Å². The van der Waals surface area contributed by atoms with Gasteiger partial charge in [-0.1, -0.05) is 76.1 Å². The fourth-order valence-corrected chi connectivity index (χ4v) is 3.98. The quantitative estimate of drug-likeness (QED) is 0.758. The highest BCUT2D eigenvalue weighted by Gasteiger charge is 2.20. The van der Waals surface area contributed by atoms with Crippen LogP contribution in [0.1, 0.15) is 70.0 Å². The van der Waals surface area contributed by atoms with E-state index < -0.39 is 0 Å². The SMILES string of the molecule is CC(C)(C)c1ccc(CSc2nnnn2C2CCCCC2)cc1. The van der Waals surface area contributed by atoms with Gasteiger partial charge in [0.1, 0.15) is 0 Å². The summed E-state index contributed by atoms with van der Waals surface area (Å²) in [5.41, 5.74) is 2.90. The molecule has 0 atom stereocenters. The topological polar surface area (TPSA) is 43.6 Å². The molecule has 23 heavy (non-hydrogen) atoms. The molecule has 0 saturated heterocycles. The average Bonchev–Trinajstić information content (AvgIpc) is 3.02. The summed E-state index contributed by atoms with van der Waals surface area (Å²) in [5, 5.41) is 13.3. The van der Waals surface area contributed by atoms with E-state index >= 15 is 0 Å². The van der Waals surface area contributed by atoms with Gasteiger partial charge in [0, 0.05) is 5.75 Å². The molecule has 0 radical (unpaired) electrons. The lowest BCUT2D eigenvalue weighted by Gasteiger charge is -2.22. The highest BCUT2D eigenvalue weighted by Crippen LogP contribution is 2.31. The summed E-state index contributed by atoms with van der Waals surface area (Å²) in [4.78, 5) is 0. The third-order valence-electron chi connectivity index (χ3n) is 4.57. The third-order valence-corrected chi connectivity index (χ3v) is 5.58. The average molecular weight is 331 g/mol. The lowest BCUT2D eigenvalue weighted by molar-refractivity contribution is 0.307. The van der Waals surface area contributed by atoms with Crippen LogP contribution in [-0.2, 0) is 11.2 Å². The molecule has 4 nitrogen and oxygen atoms in total. The van der Waals surface area contributed by atoms with Crippen LogP contribution >= 0.6 is 11.8 Å². The van der Waals surface area contributed by atoms with Crippen LogP contribution in [0.15, 0.2) is 29.4 Å². The predicted octanol–water partition coefficient (Wildman–Crippen LogP) is 4.77. The summed E-state index contributed by atoms with van der Waals surface area (Å²) in [6, 6.07) is 9.41. The zero-order valence-corrected chi connectivity index (χ0v) is 15.1. The highest BCUT2D eigenvalue weighted by molar-refractivity contribution is 7.98. The standard InChI is InChI=1S/C18H26N4S/c1-18(2,3)15-11-9-14(10-12-15)13-23-17-19-20-21-22(17)16-7-5-4-6-8-16/h9-12,16H,4-8,13H2,1-3H3. The molecule has 124 valence electrons. The minimum Gasteiger partial charge on any atom is -0.217 e. The Bertz CT molecular complexity index is 621. The van der Waals surface area contributed by atoms with Crippen molar-refractivity contribution >= 4 is 11.8 Å². The minimum atomic E-state index is 0.205. The molecule has 0 unspecified atom stereocenters. The van der Waals surface area contributed by atoms with Crippen molar-refractivity contribution in [2.75, 3.05) is 0 Å². The van der Waals surface area contributed by atoms with Crippen molar-refractivity contribution in [3.8, 4) is 0 Å². The highest BCUT2D eigenvalue weighted by atomic mass is 32.2. The molecule has 0 bridgehead atoms. The number of rotatable bonds is 4. The molecule has 3 rings (SSSR count). The van der Waals surface area contributed by atoms with Gasteiger partial charge in [-0.15, -0.1) is 5.10 Å². The molecule has 0 aliphatic heterocycles. The van der Waals surface area contributed by atoms with Crippen molar-refractivity contribution < 1.29 is 0 Å². The van der Waals surface area contributed by atoms with Crippen molar-refractivity contribution in [2.24, 2.45) is 0 Å². The van der Waals surface area contributed by atoms with Crippen molar-refractivity contribution in [3.05, 3.63) is 35.4 Å². The monoisotopic (exact) mass is 330 g/mol. The Kier molecular flexibility index (Phi) is 5.05. The Labute approximate surface area is 143 Å².